The highest BCUT2D eigenvalue weighted by Crippen LogP contribution is 2.14. The fourth-order valence-electron chi connectivity index (χ4n) is 0.795. The maximum Gasteiger partial charge on any atom is 0.213 e. The molecule has 0 unspecified atom stereocenters. The smallest absolute Gasteiger partial charge is 0.213 e. The summed E-state index contributed by atoms with van der Waals surface area (Å²) < 4.78 is 12.8. The number of para-hydroxylation sites is 1. The summed E-state index contributed by atoms with van der Waals surface area (Å²) in [4.78, 5) is 11.4. The van der Waals surface area contributed by atoms with Crippen LogP contribution in [0.5, 0.6) is 0 Å². The van der Waals surface area contributed by atoms with Crippen LogP contribution in [0.2, 0.25) is 0 Å². The van der Waals surface area contributed by atoms with Crippen molar-refractivity contribution in [2.75, 3.05) is 11.9 Å². The van der Waals surface area contributed by atoms with E-state index in [0.717, 1.165) is 0 Å². The highest BCUT2D eigenvalue weighted by Gasteiger charge is 2.03. The number of nitrogens with zero attached hydrogens (tertiary/aromatic N) is 1. The molecule has 0 aliphatic heterocycles. The van der Waals surface area contributed by atoms with E-state index in [4.69, 9.17) is 0 Å². The van der Waals surface area contributed by atoms with E-state index < -0.39 is 0 Å². The molecule has 0 bridgehead atoms. The van der Waals surface area contributed by atoms with Crippen LogP contribution in [0.3, 0.4) is 0 Å². The molecule has 11 heavy (non-hydrogen) atoms. The fourth-order valence-corrected chi connectivity index (χ4v) is 0.795. The largest absolute Gasteiger partial charge is 0.315 e. The number of benzene rings is 1. The molecule has 1 rings (SSSR count). The van der Waals surface area contributed by atoms with Crippen LogP contribution in [0.25, 0.3) is 0 Å². The van der Waals surface area contributed by atoms with E-state index in [1.165, 1.54) is 18.0 Å². The normalized spacial score (nSPS) is 9.27. The molecule has 1 aromatic carbocycles. The van der Waals surface area contributed by atoms with Crippen molar-refractivity contribution in [2.45, 2.75) is 0 Å². The van der Waals surface area contributed by atoms with E-state index in [9.17, 15) is 9.18 Å². The van der Waals surface area contributed by atoms with Crippen molar-refractivity contribution in [3.63, 3.8) is 0 Å². The monoisotopic (exact) mass is 153 g/mol. The lowest BCUT2D eigenvalue weighted by molar-refractivity contribution is -0.107. The fraction of sp³-hybridized carbons (Fsp3) is 0.125. The number of rotatable bonds is 2. The molecule has 0 aliphatic rings. The van der Waals surface area contributed by atoms with Crippen LogP contribution in [-0.4, -0.2) is 13.5 Å². The molecule has 0 fully saturated rings. The van der Waals surface area contributed by atoms with Crippen LogP contribution in [0.15, 0.2) is 24.3 Å². The van der Waals surface area contributed by atoms with Crippen molar-refractivity contribution in [2.24, 2.45) is 0 Å². The third-order valence-corrected chi connectivity index (χ3v) is 1.39. The molecule has 0 heterocycles. The Bertz CT molecular complexity index is 262. The molecule has 58 valence electrons. The Kier molecular flexibility index (Phi) is 2.21. The Hall–Kier alpha value is -1.38. The number of halogens is 1. The van der Waals surface area contributed by atoms with Gasteiger partial charge in [-0.1, -0.05) is 12.1 Å². The van der Waals surface area contributed by atoms with Crippen LogP contribution in [0, 0.1) is 5.82 Å². The van der Waals surface area contributed by atoms with Gasteiger partial charge in [-0.05, 0) is 12.1 Å². The Morgan fingerprint density at radius 3 is 2.64 bits per heavy atom. The quantitative estimate of drug-likeness (QED) is 0.588. The van der Waals surface area contributed by atoms with Crippen LogP contribution < -0.4 is 4.90 Å². The maximum absolute atomic E-state index is 12.8. The van der Waals surface area contributed by atoms with Crippen molar-refractivity contribution in [1.29, 1.82) is 0 Å². The number of amides is 1. The Morgan fingerprint density at radius 1 is 1.45 bits per heavy atom. The van der Waals surface area contributed by atoms with Gasteiger partial charge in [0.1, 0.15) is 5.82 Å². The topological polar surface area (TPSA) is 20.3 Å². The first-order chi connectivity index (χ1) is 5.25. The number of hydrogen-bond donors (Lipinski definition) is 0. The summed E-state index contributed by atoms with van der Waals surface area (Å²) in [5, 5.41) is 0. The van der Waals surface area contributed by atoms with Crippen molar-refractivity contribution < 1.29 is 9.18 Å². The van der Waals surface area contributed by atoms with Crippen LogP contribution in [0.1, 0.15) is 0 Å². The van der Waals surface area contributed by atoms with Gasteiger partial charge in [0.15, 0.2) is 0 Å². The molecular weight excluding hydrogens is 145 g/mol. The highest BCUT2D eigenvalue weighted by molar-refractivity contribution is 5.74. The molecule has 0 aromatic heterocycles. The van der Waals surface area contributed by atoms with Crippen molar-refractivity contribution in [3.05, 3.63) is 30.1 Å². The molecule has 3 heteroatoms. The van der Waals surface area contributed by atoms with Gasteiger partial charge in [-0.25, -0.2) is 4.39 Å². The Labute approximate surface area is 64.2 Å². The predicted molar refractivity (Wildman–Crippen MR) is 40.9 cm³/mol. The lowest BCUT2D eigenvalue weighted by Gasteiger charge is -2.10. The molecule has 0 aliphatic carbocycles. The van der Waals surface area contributed by atoms with Gasteiger partial charge < -0.3 is 4.90 Å². The maximum atomic E-state index is 12.8. The molecule has 2 nitrogen and oxygen atoms in total. The molecule has 0 N–H and O–H groups in total. The Morgan fingerprint density at radius 2 is 2.09 bits per heavy atom. The van der Waals surface area contributed by atoms with Gasteiger partial charge in [-0.3, -0.25) is 4.79 Å². The summed E-state index contributed by atoms with van der Waals surface area (Å²) >= 11 is 0. The minimum Gasteiger partial charge on any atom is -0.315 e. The van der Waals surface area contributed by atoms with E-state index in [1.54, 1.807) is 18.2 Å². The van der Waals surface area contributed by atoms with Crippen molar-refractivity contribution in [1.82, 2.24) is 0 Å². The summed E-state index contributed by atoms with van der Waals surface area (Å²) in [5.74, 6) is -0.387. The Balaban J connectivity index is 3.02. The van der Waals surface area contributed by atoms with Gasteiger partial charge in [-0.2, -0.15) is 0 Å². The molecule has 0 spiro atoms. The third-order valence-electron chi connectivity index (χ3n) is 1.39. The molecule has 1 amide bonds. The van der Waals surface area contributed by atoms with Crippen LogP contribution >= 0.6 is 0 Å². The zero-order chi connectivity index (χ0) is 8.27. The zero-order valence-corrected chi connectivity index (χ0v) is 6.12. The lowest BCUT2D eigenvalue weighted by atomic mass is 10.3. The molecule has 0 saturated carbocycles. The van der Waals surface area contributed by atoms with E-state index >= 15 is 0 Å². The second kappa shape index (κ2) is 3.14. The van der Waals surface area contributed by atoms with Crippen molar-refractivity contribution in [3.8, 4) is 0 Å². The molecule has 0 atom stereocenters. The first kappa shape index (κ1) is 7.72. The van der Waals surface area contributed by atoms with Crippen molar-refractivity contribution >= 4 is 12.1 Å². The first-order valence-electron chi connectivity index (χ1n) is 3.18. The lowest BCUT2D eigenvalue weighted by Crippen LogP contribution is -2.14. The third kappa shape index (κ3) is 1.55. The first-order valence-corrected chi connectivity index (χ1v) is 3.18. The summed E-state index contributed by atoms with van der Waals surface area (Å²) in [6.07, 6.45) is 0.568. The van der Waals surface area contributed by atoms with Crippen LogP contribution in [-0.2, 0) is 4.79 Å². The van der Waals surface area contributed by atoms with E-state index in [1.807, 2.05) is 0 Å². The molecule has 0 radical (unpaired) electrons. The van der Waals surface area contributed by atoms with Gasteiger partial charge in [0, 0.05) is 7.05 Å². The van der Waals surface area contributed by atoms with Gasteiger partial charge >= 0.3 is 0 Å². The zero-order valence-electron chi connectivity index (χ0n) is 6.12. The summed E-state index contributed by atoms with van der Waals surface area (Å²) in [5.41, 5.74) is 0.294. The minimum absolute atomic E-state index is 0.294. The molecular formula is C8H8FNO. The minimum atomic E-state index is -0.387. The van der Waals surface area contributed by atoms with Gasteiger partial charge in [0.25, 0.3) is 0 Å². The van der Waals surface area contributed by atoms with Crippen LogP contribution in [0.4, 0.5) is 10.1 Å². The average Bonchev–Trinajstić information content (AvgIpc) is 2.04. The predicted octanol–water partition coefficient (Wildman–Crippen LogP) is 1.42. The number of carbonyl (C=O) groups is 1. The van der Waals surface area contributed by atoms with Gasteiger partial charge in [0.05, 0.1) is 5.69 Å². The summed E-state index contributed by atoms with van der Waals surface area (Å²) in [7, 11) is 1.51. The summed E-state index contributed by atoms with van der Waals surface area (Å²) in [6.45, 7) is 0. The number of anilines is 1. The average molecular weight is 153 g/mol. The standard InChI is InChI=1S/C8H8FNO/c1-10(6-11)8-5-3-2-4-7(8)9/h2-6H,1H3. The highest BCUT2D eigenvalue weighted by atomic mass is 19.1. The van der Waals surface area contributed by atoms with E-state index in [2.05, 4.69) is 0 Å². The van der Waals surface area contributed by atoms with E-state index in [-0.39, 0.29) is 5.82 Å². The SMILES string of the molecule is CN(C=O)c1ccccc1F. The second-order valence-corrected chi connectivity index (χ2v) is 2.17. The van der Waals surface area contributed by atoms with E-state index in [0.29, 0.717) is 12.1 Å². The summed E-state index contributed by atoms with van der Waals surface area (Å²) in [6, 6.07) is 6.12. The molecule has 0 saturated heterocycles. The number of carbonyl (C=O) groups excluding carboxylic acids is 1. The molecule has 1 aromatic rings. The number of hydrogen-bond acceptors (Lipinski definition) is 1. The second-order valence-electron chi connectivity index (χ2n) is 2.17. The van der Waals surface area contributed by atoms with Gasteiger partial charge in [0.2, 0.25) is 6.41 Å². The van der Waals surface area contributed by atoms with Gasteiger partial charge in [-0.15, -0.1) is 0 Å².